The molecule has 0 N–H and O–H groups in total. The van der Waals surface area contributed by atoms with Gasteiger partial charge in [-0.05, 0) is 25.0 Å². The van der Waals surface area contributed by atoms with Gasteiger partial charge in [-0.2, -0.15) is 0 Å². The highest BCUT2D eigenvalue weighted by molar-refractivity contribution is 5.77. The molecule has 0 aliphatic heterocycles. The van der Waals surface area contributed by atoms with E-state index in [-0.39, 0.29) is 29.5 Å². The van der Waals surface area contributed by atoms with Crippen molar-refractivity contribution in [1.82, 2.24) is 0 Å². The smallest absolute Gasteiger partial charge is 0.309 e. The summed E-state index contributed by atoms with van der Waals surface area (Å²) in [7, 11) is 1.52. The molecule has 5 heteroatoms. The summed E-state index contributed by atoms with van der Waals surface area (Å²) >= 11 is 0. The van der Waals surface area contributed by atoms with Gasteiger partial charge in [-0.1, -0.05) is 12.1 Å². The number of hydrogen-bond acceptors (Lipinski definition) is 3. The van der Waals surface area contributed by atoms with Crippen LogP contribution in [-0.4, -0.2) is 25.8 Å². The summed E-state index contributed by atoms with van der Waals surface area (Å²) in [6, 6.07) is 4.02. The molecular weight excluding hydrogens is 254 g/mol. The maximum Gasteiger partial charge on any atom is 0.309 e. The fourth-order valence-corrected chi connectivity index (χ4v) is 2.16. The van der Waals surface area contributed by atoms with Crippen LogP contribution >= 0.6 is 0 Å². The predicted molar refractivity (Wildman–Crippen MR) is 64.6 cm³/mol. The van der Waals surface area contributed by atoms with E-state index in [1.54, 1.807) is 6.92 Å². The van der Waals surface area contributed by atoms with Crippen LogP contribution in [0.3, 0.4) is 0 Å². The van der Waals surface area contributed by atoms with Gasteiger partial charge in [0.25, 0.3) is 0 Å². The summed E-state index contributed by atoms with van der Waals surface area (Å²) in [6.45, 7) is 2.04. The molecule has 3 atom stereocenters. The Morgan fingerprint density at radius 2 is 2.21 bits per heavy atom. The second kappa shape index (κ2) is 5.65. The van der Waals surface area contributed by atoms with Crippen molar-refractivity contribution in [1.29, 1.82) is 0 Å². The van der Waals surface area contributed by atoms with E-state index in [4.69, 9.17) is 9.47 Å². The number of rotatable bonds is 5. The lowest BCUT2D eigenvalue weighted by Crippen LogP contribution is -2.21. The van der Waals surface area contributed by atoms with Gasteiger partial charge < -0.3 is 9.47 Å². The van der Waals surface area contributed by atoms with E-state index in [1.165, 1.54) is 19.2 Å². The van der Waals surface area contributed by atoms with E-state index in [0.717, 1.165) is 6.07 Å². The zero-order valence-electron chi connectivity index (χ0n) is 10.9. The summed E-state index contributed by atoms with van der Waals surface area (Å²) in [5.74, 6) is -2.79. The molecule has 3 nitrogen and oxygen atoms in total. The van der Waals surface area contributed by atoms with Crippen LogP contribution in [-0.2, 0) is 14.3 Å². The van der Waals surface area contributed by atoms with Crippen LogP contribution in [0.1, 0.15) is 24.8 Å². The van der Waals surface area contributed by atoms with Crippen molar-refractivity contribution >= 4 is 5.97 Å². The second-order valence-corrected chi connectivity index (χ2v) is 4.79. The molecule has 1 aromatic carbocycles. The van der Waals surface area contributed by atoms with Crippen molar-refractivity contribution in [3.63, 3.8) is 0 Å². The number of esters is 1. The molecule has 0 unspecified atom stereocenters. The first-order chi connectivity index (χ1) is 9.04. The Hall–Kier alpha value is -1.49. The first-order valence-electron chi connectivity index (χ1n) is 6.18. The average Bonchev–Trinajstić information content (AvgIpc) is 3.13. The number of carbonyl (C=O) groups is 1. The minimum absolute atomic E-state index is 0.251. The Kier molecular flexibility index (Phi) is 4.14. The number of hydrogen-bond donors (Lipinski definition) is 0. The number of benzene rings is 1. The molecule has 0 heterocycles. The first-order valence-corrected chi connectivity index (χ1v) is 6.18. The minimum Gasteiger partial charge on any atom is -0.460 e. The van der Waals surface area contributed by atoms with E-state index in [1.807, 2.05) is 0 Å². The molecule has 0 bridgehead atoms. The summed E-state index contributed by atoms with van der Waals surface area (Å²) in [5, 5.41) is 0. The standard InChI is InChI=1S/C14H16F2O3/c1-8(7-18-2)19-14(17)11-6-10(11)9-4-3-5-12(15)13(9)16/h3-5,8,10-11H,6-7H2,1-2H3/t8-,10+,11-/m0/s1. The summed E-state index contributed by atoms with van der Waals surface area (Å²) in [6.07, 6.45) is 0.162. The minimum atomic E-state index is -0.885. The van der Waals surface area contributed by atoms with Crippen molar-refractivity contribution in [2.45, 2.75) is 25.4 Å². The molecule has 0 aromatic heterocycles. The van der Waals surface area contributed by atoms with Gasteiger partial charge in [-0.25, -0.2) is 8.78 Å². The lowest BCUT2D eigenvalue weighted by atomic mass is 10.1. The van der Waals surface area contributed by atoms with Crippen molar-refractivity contribution < 1.29 is 23.0 Å². The number of carbonyl (C=O) groups excluding carboxylic acids is 1. The molecule has 104 valence electrons. The van der Waals surface area contributed by atoms with Gasteiger partial charge in [0.15, 0.2) is 11.6 Å². The van der Waals surface area contributed by atoms with Crippen LogP contribution in [0.5, 0.6) is 0 Å². The summed E-state index contributed by atoms with van der Waals surface area (Å²) in [4.78, 5) is 11.8. The average molecular weight is 270 g/mol. The van der Waals surface area contributed by atoms with Crippen molar-refractivity contribution in [2.75, 3.05) is 13.7 Å². The largest absolute Gasteiger partial charge is 0.460 e. The van der Waals surface area contributed by atoms with E-state index >= 15 is 0 Å². The molecule has 1 saturated carbocycles. The normalized spacial score (nSPS) is 22.9. The van der Waals surface area contributed by atoms with E-state index in [2.05, 4.69) is 0 Å². The number of ether oxygens (including phenoxy) is 2. The molecule has 0 spiro atoms. The third-order valence-electron chi connectivity index (χ3n) is 3.19. The summed E-state index contributed by atoms with van der Waals surface area (Å²) in [5.41, 5.74) is 0.251. The molecule has 0 radical (unpaired) electrons. The fourth-order valence-electron chi connectivity index (χ4n) is 2.16. The lowest BCUT2D eigenvalue weighted by Gasteiger charge is -2.12. The monoisotopic (exact) mass is 270 g/mol. The SMILES string of the molecule is COC[C@H](C)OC(=O)[C@H]1C[C@@H]1c1cccc(F)c1F. The van der Waals surface area contributed by atoms with Gasteiger partial charge in [0.05, 0.1) is 12.5 Å². The van der Waals surface area contributed by atoms with Crippen LogP contribution in [0, 0.1) is 17.6 Å². The first kappa shape index (κ1) is 13.9. The maximum atomic E-state index is 13.6. The maximum absolute atomic E-state index is 13.6. The highest BCUT2D eigenvalue weighted by Crippen LogP contribution is 2.49. The van der Waals surface area contributed by atoms with Crippen LogP contribution in [0.2, 0.25) is 0 Å². The van der Waals surface area contributed by atoms with E-state index < -0.39 is 11.6 Å². The van der Waals surface area contributed by atoms with Gasteiger partial charge in [0.1, 0.15) is 6.10 Å². The van der Waals surface area contributed by atoms with Crippen molar-refractivity contribution in [3.05, 3.63) is 35.4 Å². The lowest BCUT2D eigenvalue weighted by molar-refractivity contribution is -0.152. The molecule has 0 saturated heterocycles. The Bertz CT molecular complexity index is 476. The quantitative estimate of drug-likeness (QED) is 0.772. The molecular formula is C14H16F2O3. The Labute approximate surface area is 110 Å². The number of halogens is 2. The predicted octanol–water partition coefficient (Wildman–Crippen LogP) is 2.65. The zero-order valence-corrected chi connectivity index (χ0v) is 10.9. The third-order valence-corrected chi connectivity index (χ3v) is 3.19. The van der Waals surface area contributed by atoms with Gasteiger partial charge in [0.2, 0.25) is 0 Å². The Balaban J connectivity index is 1.97. The molecule has 1 aromatic rings. The molecule has 19 heavy (non-hydrogen) atoms. The van der Waals surface area contributed by atoms with Crippen LogP contribution in [0.15, 0.2) is 18.2 Å². The van der Waals surface area contributed by atoms with Crippen LogP contribution < -0.4 is 0 Å². The summed E-state index contributed by atoms with van der Waals surface area (Å²) < 4.78 is 36.7. The molecule has 2 rings (SSSR count). The van der Waals surface area contributed by atoms with Crippen LogP contribution in [0.4, 0.5) is 8.78 Å². The van der Waals surface area contributed by atoms with E-state index in [0.29, 0.717) is 13.0 Å². The third kappa shape index (κ3) is 3.10. The molecule has 1 fully saturated rings. The zero-order chi connectivity index (χ0) is 14.0. The van der Waals surface area contributed by atoms with E-state index in [9.17, 15) is 13.6 Å². The second-order valence-electron chi connectivity index (χ2n) is 4.79. The highest BCUT2D eigenvalue weighted by Gasteiger charge is 2.47. The fraction of sp³-hybridized carbons (Fsp3) is 0.500. The molecule has 1 aliphatic rings. The van der Waals surface area contributed by atoms with Crippen molar-refractivity contribution in [3.8, 4) is 0 Å². The van der Waals surface area contributed by atoms with Gasteiger partial charge in [-0.3, -0.25) is 4.79 Å². The van der Waals surface area contributed by atoms with Crippen molar-refractivity contribution in [2.24, 2.45) is 5.92 Å². The van der Waals surface area contributed by atoms with Crippen LogP contribution in [0.25, 0.3) is 0 Å². The topological polar surface area (TPSA) is 35.5 Å². The Morgan fingerprint density at radius 1 is 1.47 bits per heavy atom. The van der Waals surface area contributed by atoms with Gasteiger partial charge in [0, 0.05) is 13.0 Å². The number of methoxy groups -OCH3 is 1. The molecule has 1 aliphatic carbocycles. The van der Waals surface area contributed by atoms with Gasteiger partial charge in [-0.15, -0.1) is 0 Å². The highest BCUT2D eigenvalue weighted by atomic mass is 19.2. The molecule has 0 amide bonds. The van der Waals surface area contributed by atoms with Gasteiger partial charge >= 0.3 is 5.97 Å². The Morgan fingerprint density at radius 3 is 2.89 bits per heavy atom.